The molecule has 1 atom stereocenters. The lowest BCUT2D eigenvalue weighted by atomic mass is 10.1. The molecular weight excluding hydrogens is 318 g/mol. The highest BCUT2D eigenvalue weighted by molar-refractivity contribution is 5.88. The first-order valence-electron chi connectivity index (χ1n) is 9.10. The SMILES string of the molecule is CCOc1ccccc1CN1CCNC(=O)[C@@H]1CC(=O)N(CC)CC. The number of carbonyl (C=O) groups excluding carboxylic acids is 2. The molecule has 1 heterocycles. The van der Waals surface area contributed by atoms with Crippen molar-refractivity contribution in [3.8, 4) is 5.75 Å². The van der Waals surface area contributed by atoms with Crippen LogP contribution in [0.3, 0.4) is 0 Å². The minimum Gasteiger partial charge on any atom is -0.494 e. The van der Waals surface area contributed by atoms with E-state index in [9.17, 15) is 9.59 Å². The Morgan fingerprint density at radius 3 is 2.68 bits per heavy atom. The van der Waals surface area contributed by atoms with E-state index in [0.29, 0.717) is 32.8 Å². The van der Waals surface area contributed by atoms with Gasteiger partial charge < -0.3 is 15.0 Å². The first-order valence-corrected chi connectivity index (χ1v) is 9.10. The summed E-state index contributed by atoms with van der Waals surface area (Å²) in [5.74, 6) is 0.792. The molecule has 6 heteroatoms. The Bertz CT molecular complexity index is 587. The van der Waals surface area contributed by atoms with Crippen molar-refractivity contribution >= 4 is 11.8 Å². The zero-order valence-corrected chi connectivity index (χ0v) is 15.5. The van der Waals surface area contributed by atoms with Gasteiger partial charge in [-0.25, -0.2) is 0 Å². The van der Waals surface area contributed by atoms with E-state index in [0.717, 1.165) is 17.9 Å². The van der Waals surface area contributed by atoms with E-state index >= 15 is 0 Å². The number of nitrogens with zero attached hydrogens (tertiary/aromatic N) is 2. The molecule has 1 aromatic carbocycles. The molecule has 1 aromatic rings. The summed E-state index contributed by atoms with van der Waals surface area (Å²) in [4.78, 5) is 28.7. The molecule has 25 heavy (non-hydrogen) atoms. The summed E-state index contributed by atoms with van der Waals surface area (Å²) in [7, 11) is 0. The van der Waals surface area contributed by atoms with Crippen molar-refractivity contribution in [2.75, 3.05) is 32.8 Å². The molecule has 138 valence electrons. The molecule has 0 bridgehead atoms. The molecule has 1 N–H and O–H groups in total. The maximum Gasteiger partial charge on any atom is 0.237 e. The van der Waals surface area contributed by atoms with Crippen LogP contribution in [-0.2, 0) is 16.1 Å². The quantitative estimate of drug-likeness (QED) is 0.777. The van der Waals surface area contributed by atoms with Crippen LogP contribution in [0.5, 0.6) is 5.75 Å². The van der Waals surface area contributed by atoms with Gasteiger partial charge in [0.2, 0.25) is 11.8 Å². The Kier molecular flexibility index (Phi) is 7.25. The van der Waals surface area contributed by atoms with Crippen molar-refractivity contribution in [3.63, 3.8) is 0 Å². The van der Waals surface area contributed by atoms with Gasteiger partial charge in [0.15, 0.2) is 0 Å². The van der Waals surface area contributed by atoms with Crippen molar-refractivity contribution in [1.29, 1.82) is 0 Å². The van der Waals surface area contributed by atoms with Crippen LogP contribution in [0.2, 0.25) is 0 Å². The van der Waals surface area contributed by atoms with Gasteiger partial charge in [-0.2, -0.15) is 0 Å². The second-order valence-corrected chi connectivity index (χ2v) is 6.09. The summed E-state index contributed by atoms with van der Waals surface area (Å²) in [6.07, 6.45) is 0.213. The van der Waals surface area contributed by atoms with Gasteiger partial charge in [-0.05, 0) is 26.8 Å². The van der Waals surface area contributed by atoms with E-state index in [-0.39, 0.29) is 18.2 Å². The van der Waals surface area contributed by atoms with E-state index in [1.807, 2.05) is 45.0 Å². The third kappa shape index (κ3) is 4.95. The van der Waals surface area contributed by atoms with Crippen LogP contribution in [-0.4, -0.2) is 60.4 Å². The summed E-state index contributed by atoms with van der Waals surface area (Å²) < 4.78 is 5.69. The third-order valence-corrected chi connectivity index (χ3v) is 4.57. The molecule has 1 aliphatic rings. The molecule has 2 amide bonds. The van der Waals surface area contributed by atoms with Crippen molar-refractivity contribution in [2.24, 2.45) is 0 Å². The lowest BCUT2D eigenvalue weighted by molar-refractivity contribution is -0.138. The molecular formula is C19H29N3O3. The molecule has 1 aliphatic heterocycles. The van der Waals surface area contributed by atoms with Crippen molar-refractivity contribution < 1.29 is 14.3 Å². The molecule has 0 radical (unpaired) electrons. The second-order valence-electron chi connectivity index (χ2n) is 6.09. The summed E-state index contributed by atoms with van der Waals surface area (Å²) in [5, 5.41) is 2.89. The molecule has 1 fully saturated rings. The molecule has 0 aromatic heterocycles. The number of nitrogens with one attached hydrogen (secondary N) is 1. The standard InChI is InChI=1S/C19H29N3O3/c1-4-21(5-2)18(23)13-16-19(24)20-11-12-22(16)14-15-9-7-8-10-17(15)25-6-3/h7-10,16H,4-6,11-14H2,1-3H3,(H,20,24)/t16-/m0/s1. The smallest absolute Gasteiger partial charge is 0.237 e. The van der Waals surface area contributed by atoms with Crippen LogP contribution in [0.1, 0.15) is 32.8 Å². The van der Waals surface area contributed by atoms with E-state index in [1.54, 1.807) is 4.90 Å². The number of ether oxygens (including phenoxy) is 1. The first-order chi connectivity index (χ1) is 12.1. The Balaban J connectivity index is 2.14. The second kappa shape index (κ2) is 9.42. The number of piperazine rings is 1. The molecule has 0 saturated carbocycles. The van der Waals surface area contributed by atoms with Gasteiger partial charge in [-0.1, -0.05) is 18.2 Å². The number of hydrogen-bond donors (Lipinski definition) is 1. The van der Waals surface area contributed by atoms with E-state index < -0.39 is 6.04 Å². The summed E-state index contributed by atoms with van der Waals surface area (Å²) >= 11 is 0. The topological polar surface area (TPSA) is 61.9 Å². The van der Waals surface area contributed by atoms with E-state index in [2.05, 4.69) is 10.2 Å². The molecule has 1 saturated heterocycles. The monoisotopic (exact) mass is 347 g/mol. The van der Waals surface area contributed by atoms with Gasteiger partial charge in [0.05, 0.1) is 19.1 Å². The van der Waals surface area contributed by atoms with Crippen molar-refractivity contribution in [3.05, 3.63) is 29.8 Å². The Hall–Kier alpha value is -2.08. The highest BCUT2D eigenvalue weighted by atomic mass is 16.5. The fourth-order valence-electron chi connectivity index (χ4n) is 3.19. The lowest BCUT2D eigenvalue weighted by Gasteiger charge is -2.35. The average Bonchev–Trinajstić information content (AvgIpc) is 2.61. The predicted octanol–water partition coefficient (Wildman–Crippen LogP) is 1.64. The molecule has 0 unspecified atom stereocenters. The van der Waals surface area contributed by atoms with E-state index in [4.69, 9.17) is 4.74 Å². The Morgan fingerprint density at radius 2 is 2.00 bits per heavy atom. The van der Waals surface area contributed by atoms with Crippen LogP contribution in [0, 0.1) is 0 Å². The van der Waals surface area contributed by atoms with Crippen molar-refractivity contribution in [1.82, 2.24) is 15.1 Å². The zero-order valence-electron chi connectivity index (χ0n) is 15.5. The van der Waals surface area contributed by atoms with Crippen LogP contribution < -0.4 is 10.1 Å². The molecule has 0 aliphatic carbocycles. The lowest BCUT2D eigenvalue weighted by Crippen LogP contribution is -2.56. The van der Waals surface area contributed by atoms with Crippen LogP contribution in [0.4, 0.5) is 0 Å². The fourth-order valence-corrected chi connectivity index (χ4v) is 3.19. The highest BCUT2D eigenvalue weighted by Crippen LogP contribution is 2.22. The van der Waals surface area contributed by atoms with Crippen LogP contribution in [0.15, 0.2) is 24.3 Å². The summed E-state index contributed by atoms with van der Waals surface area (Å²) in [5.41, 5.74) is 1.04. The fraction of sp³-hybridized carbons (Fsp3) is 0.579. The number of carbonyl (C=O) groups is 2. The maximum absolute atomic E-state index is 12.5. The van der Waals surface area contributed by atoms with Crippen LogP contribution in [0.25, 0.3) is 0 Å². The minimum atomic E-state index is -0.434. The number of hydrogen-bond acceptors (Lipinski definition) is 4. The van der Waals surface area contributed by atoms with E-state index in [1.165, 1.54) is 0 Å². The van der Waals surface area contributed by atoms with Gasteiger partial charge in [0.1, 0.15) is 5.75 Å². The summed E-state index contributed by atoms with van der Waals surface area (Å²) in [6, 6.07) is 7.44. The van der Waals surface area contributed by atoms with Gasteiger partial charge in [-0.15, -0.1) is 0 Å². The predicted molar refractivity (Wildman–Crippen MR) is 97.4 cm³/mol. The van der Waals surface area contributed by atoms with Gasteiger partial charge >= 0.3 is 0 Å². The van der Waals surface area contributed by atoms with Gasteiger partial charge in [0.25, 0.3) is 0 Å². The first kappa shape index (κ1) is 19.2. The third-order valence-electron chi connectivity index (χ3n) is 4.57. The van der Waals surface area contributed by atoms with Gasteiger partial charge in [0, 0.05) is 38.3 Å². The highest BCUT2D eigenvalue weighted by Gasteiger charge is 2.32. The minimum absolute atomic E-state index is 0.0233. The Morgan fingerprint density at radius 1 is 1.28 bits per heavy atom. The van der Waals surface area contributed by atoms with Crippen molar-refractivity contribution in [2.45, 2.75) is 39.8 Å². The average molecular weight is 347 g/mol. The maximum atomic E-state index is 12.5. The zero-order chi connectivity index (χ0) is 18.2. The number of para-hydroxylation sites is 1. The normalized spacial score (nSPS) is 17.9. The van der Waals surface area contributed by atoms with Gasteiger partial charge in [-0.3, -0.25) is 14.5 Å². The number of amides is 2. The van der Waals surface area contributed by atoms with Crippen LogP contribution >= 0.6 is 0 Å². The number of benzene rings is 1. The molecule has 0 spiro atoms. The largest absolute Gasteiger partial charge is 0.494 e. The summed E-state index contributed by atoms with van der Waals surface area (Å²) in [6.45, 7) is 9.72. The number of rotatable bonds is 8. The molecule has 2 rings (SSSR count). The Labute approximate surface area is 150 Å². The molecule has 6 nitrogen and oxygen atoms in total.